The van der Waals surface area contributed by atoms with Gasteiger partial charge < -0.3 is 0 Å². The average molecular weight is 580 g/mol. The monoisotopic (exact) mass is 579 g/mol. The molecule has 0 saturated carbocycles. The molecule has 45 heavy (non-hydrogen) atoms. The van der Waals surface area contributed by atoms with Crippen molar-refractivity contribution in [2.45, 2.75) is 19.4 Å². The molecule has 214 valence electrons. The third-order valence-electron chi connectivity index (χ3n) is 9.18. The van der Waals surface area contributed by atoms with Gasteiger partial charge in [-0.2, -0.15) is 4.40 Å². The van der Waals surface area contributed by atoms with Crippen molar-refractivity contribution >= 4 is 43.9 Å². The Morgan fingerprint density at radius 3 is 1.78 bits per heavy atom. The number of imidazole rings is 2. The molecule has 0 bridgehead atoms. The number of aromatic nitrogens is 4. The molecule has 0 amide bonds. The van der Waals surface area contributed by atoms with E-state index in [9.17, 15) is 0 Å². The minimum atomic E-state index is 0.870. The Hall–Kier alpha value is -5.74. The van der Waals surface area contributed by atoms with Crippen LogP contribution in [0.25, 0.3) is 66.4 Å². The van der Waals surface area contributed by atoms with E-state index in [0.717, 1.165) is 53.0 Å². The second-order valence-electron chi connectivity index (χ2n) is 11.8. The van der Waals surface area contributed by atoms with Crippen LogP contribution in [0.2, 0.25) is 0 Å². The summed E-state index contributed by atoms with van der Waals surface area (Å²) >= 11 is 0. The highest BCUT2D eigenvalue weighted by atomic mass is 15.2. The highest BCUT2D eigenvalue weighted by Gasteiger charge is 2.27. The second kappa shape index (κ2) is 10.5. The first-order valence-corrected chi connectivity index (χ1v) is 15.7. The zero-order chi connectivity index (χ0) is 29.7. The van der Waals surface area contributed by atoms with Gasteiger partial charge in [-0.25, -0.2) is 9.55 Å². The van der Waals surface area contributed by atoms with Gasteiger partial charge in [-0.05, 0) is 58.1 Å². The summed E-state index contributed by atoms with van der Waals surface area (Å²) < 4.78 is 7.18. The van der Waals surface area contributed by atoms with Gasteiger partial charge in [0.15, 0.2) is 11.2 Å². The number of nitrogens with zero attached hydrogens (tertiary/aromatic N) is 4. The first-order chi connectivity index (χ1) is 22.3. The summed E-state index contributed by atoms with van der Waals surface area (Å²) in [4.78, 5) is 5.11. The summed E-state index contributed by atoms with van der Waals surface area (Å²) in [5.41, 5.74) is 10.4. The van der Waals surface area contributed by atoms with Gasteiger partial charge in [0, 0.05) is 11.1 Å². The van der Waals surface area contributed by atoms with Gasteiger partial charge in [0.05, 0.1) is 24.0 Å². The molecule has 4 nitrogen and oxygen atoms in total. The first kappa shape index (κ1) is 25.7. The van der Waals surface area contributed by atoms with Crippen LogP contribution in [0.15, 0.2) is 152 Å². The van der Waals surface area contributed by atoms with E-state index in [0.29, 0.717) is 0 Å². The quantitative estimate of drug-likeness (QED) is 0.142. The van der Waals surface area contributed by atoms with Crippen LogP contribution in [0, 0.1) is 0 Å². The molecule has 0 radical (unpaired) electrons. The summed E-state index contributed by atoms with van der Waals surface area (Å²) in [6.45, 7) is 0.870. The molecule has 4 heteroatoms. The van der Waals surface area contributed by atoms with E-state index < -0.39 is 0 Å². The van der Waals surface area contributed by atoms with E-state index in [1.165, 1.54) is 38.4 Å². The Bertz CT molecular complexity index is 2450. The first-order valence-electron chi connectivity index (χ1n) is 15.7. The predicted octanol–water partition coefficient (Wildman–Crippen LogP) is 9.30. The lowest BCUT2D eigenvalue weighted by Crippen LogP contribution is -2.33. The van der Waals surface area contributed by atoms with Crippen LogP contribution >= 0.6 is 0 Å². The Balaban J connectivity index is 1.24. The molecular weight excluding hydrogens is 548 g/mol. The minimum Gasteiger partial charge on any atom is -0.282 e. The summed E-state index contributed by atoms with van der Waals surface area (Å²) in [6, 6.07) is 49.9. The Morgan fingerprint density at radius 2 is 1.11 bits per heavy atom. The van der Waals surface area contributed by atoms with Crippen molar-refractivity contribution in [1.29, 1.82) is 0 Å². The summed E-state index contributed by atoms with van der Waals surface area (Å²) in [5, 5.41) is 5.31. The fourth-order valence-electron chi connectivity index (χ4n) is 7.18. The molecule has 6 aromatic carbocycles. The third-order valence-corrected chi connectivity index (χ3v) is 9.18. The van der Waals surface area contributed by atoms with Crippen LogP contribution in [-0.2, 0) is 13.0 Å². The van der Waals surface area contributed by atoms with Crippen LogP contribution in [0.5, 0.6) is 0 Å². The van der Waals surface area contributed by atoms with Crippen molar-refractivity contribution in [1.82, 2.24) is 13.8 Å². The topological polar surface area (TPSA) is 25.6 Å². The lowest BCUT2D eigenvalue weighted by atomic mass is 9.94. The fraction of sp³-hybridized carbons (Fsp3) is 0.0732. The molecule has 0 aliphatic heterocycles. The number of benzene rings is 6. The molecule has 0 fully saturated rings. The summed E-state index contributed by atoms with van der Waals surface area (Å²) in [6.07, 6.45) is 6.34. The smallest absolute Gasteiger partial charge is 0.282 e. The molecule has 0 N–H and O–H groups in total. The maximum absolute atomic E-state index is 5.11. The van der Waals surface area contributed by atoms with Gasteiger partial charge in [0.2, 0.25) is 5.65 Å². The minimum absolute atomic E-state index is 0.870. The summed E-state index contributed by atoms with van der Waals surface area (Å²) in [7, 11) is 0. The van der Waals surface area contributed by atoms with Crippen molar-refractivity contribution < 1.29 is 4.57 Å². The van der Waals surface area contributed by atoms with E-state index in [1.807, 2.05) is 6.20 Å². The largest absolute Gasteiger partial charge is 0.331 e. The second-order valence-corrected chi connectivity index (χ2v) is 11.8. The average Bonchev–Trinajstić information content (AvgIpc) is 3.72. The molecule has 0 atom stereocenters. The predicted molar refractivity (Wildman–Crippen MR) is 184 cm³/mol. The normalized spacial score (nSPS) is 11.8. The number of hydrogen-bond acceptors (Lipinski definition) is 1. The standard InChI is InChI=1S/C41H31N4/c1-3-14-29(15-4-1)38-27-42-40-41-43(25-13-22-35-33-20-9-7-18-31(33)26-32-19-8-10-21-34(32)35)28-39(30-16-5-2-6-17-30)45(41)37-24-12-11-23-36(37)44(38)40/h1-12,14-21,23-24,26-28H,13,22,25H2/q+1. The third kappa shape index (κ3) is 4.14. The molecule has 0 unspecified atom stereocenters. The highest BCUT2D eigenvalue weighted by Crippen LogP contribution is 2.32. The maximum atomic E-state index is 5.11. The van der Waals surface area contributed by atoms with E-state index in [2.05, 4.69) is 159 Å². The molecule has 9 rings (SSSR count). The van der Waals surface area contributed by atoms with E-state index >= 15 is 0 Å². The fourth-order valence-corrected chi connectivity index (χ4v) is 7.18. The van der Waals surface area contributed by atoms with E-state index in [1.54, 1.807) is 0 Å². The molecule has 0 aliphatic rings. The summed E-state index contributed by atoms with van der Waals surface area (Å²) in [5.74, 6) is 0. The zero-order valence-corrected chi connectivity index (χ0v) is 24.8. The van der Waals surface area contributed by atoms with Crippen molar-refractivity contribution in [3.05, 3.63) is 157 Å². The van der Waals surface area contributed by atoms with Crippen molar-refractivity contribution in [3.8, 4) is 22.5 Å². The van der Waals surface area contributed by atoms with Crippen molar-refractivity contribution in [2.75, 3.05) is 0 Å². The van der Waals surface area contributed by atoms with Crippen LogP contribution in [0.3, 0.4) is 0 Å². The van der Waals surface area contributed by atoms with Crippen molar-refractivity contribution in [2.24, 2.45) is 0 Å². The van der Waals surface area contributed by atoms with Crippen LogP contribution < -0.4 is 4.57 Å². The van der Waals surface area contributed by atoms with Gasteiger partial charge >= 0.3 is 5.65 Å². The molecule has 0 aliphatic carbocycles. The number of fused-ring (bicyclic) bond motifs is 8. The molecule has 0 spiro atoms. The van der Waals surface area contributed by atoms with Gasteiger partial charge in [-0.1, -0.05) is 121 Å². The highest BCUT2D eigenvalue weighted by molar-refractivity contribution is 6.02. The molecule has 3 heterocycles. The Labute approximate surface area is 261 Å². The van der Waals surface area contributed by atoms with E-state index in [-0.39, 0.29) is 0 Å². The number of hydrogen-bond donors (Lipinski definition) is 0. The number of aryl methyl sites for hydroxylation is 2. The lowest BCUT2D eigenvalue weighted by Gasteiger charge is -2.11. The van der Waals surface area contributed by atoms with Gasteiger partial charge in [0.25, 0.3) is 0 Å². The van der Waals surface area contributed by atoms with Crippen LogP contribution in [0.1, 0.15) is 12.0 Å². The van der Waals surface area contributed by atoms with Crippen LogP contribution in [-0.4, -0.2) is 13.8 Å². The van der Waals surface area contributed by atoms with Gasteiger partial charge in [-0.15, -0.1) is 0 Å². The van der Waals surface area contributed by atoms with Crippen molar-refractivity contribution in [3.63, 3.8) is 0 Å². The Morgan fingerprint density at radius 1 is 0.556 bits per heavy atom. The van der Waals surface area contributed by atoms with E-state index in [4.69, 9.17) is 4.98 Å². The number of rotatable bonds is 6. The van der Waals surface area contributed by atoms with Crippen LogP contribution in [0.4, 0.5) is 0 Å². The maximum Gasteiger partial charge on any atom is 0.331 e. The molecule has 9 aromatic rings. The molecule has 0 saturated heterocycles. The van der Waals surface area contributed by atoms with Gasteiger partial charge in [0.1, 0.15) is 6.20 Å². The molecule has 3 aromatic heterocycles. The zero-order valence-electron chi connectivity index (χ0n) is 24.8. The lowest BCUT2D eigenvalue weighted by molar-refractivity contribution is -0.670. The number of para-hydroxylation sites is 2. The SMILES string of the molecule is c1ccc(-c2cnc3c4n(c(-c5ccccc5)c[n+]4CCCc4c5ccccc5cc5ccccc45)c4ccccc4n23)cc1. The van der Waals surface area contributed by atoms with Gasteiger partial charge in [-0.3, -0.25) is 4.40 Å². The Kier molecular flexibility index (Phi) is 5.98. The molecular formula is C41H31N4+.